The van der Waals surface area contributed by atoms with E-state index in [1.165, 1.54) is 11.4 Å². The molecule has 5 heteroatoms. The first-order chi connectivity index (χ1) is 6.16. The number of fused-ring (bicyclic) bond motifs is 1. The van der Waals surface area contributed by atoms with E-state index in [-0.39, 0.29) is 11.7 Å². The van der Waals surface area contributed by atoms with Crippen molar-refractivity contribution in [3.8, 4) is 0 Å². The van der Waals surface area contributed by atoms with Crippen molar-refractivity contribution in [3.63, 3.8) is 0 Å². The fourth-order valence-corrected chi connectivity index (χ4v) is 1.11. The van der Waals surface area contributed by atoms with Gasteiger partial charge in [0, 0.05) is 11.8 Å². The Morgan fingerprint density at radius 1 is 1.54 bits per heavy atom. The van der Waals surface area contributed by atoms with E-state index in [1.807, 2.05) is 0 Å². The first-order valence-electron chi connectivity index (χ1n) is 3.79. The number of rotatable bonds is 1. The van der Waals surface area contributed by atoms with Gasteiger partial charge in [-0.05, 0) is 19.1 Å². The van der Waals surface area contributed by atoms with Crippen molar-refractivity contribution in [1.82, 2.24) is 14.6 Å². The molecular formula is C8H8N4O. The molecule has 13 heavy (non-hydrogen) atoms. The van der Waals surface area contributed by atoms with Crippen LogP contribution in [0.4, 0.5) is 5.95 Å². The van der Waals surface area contributed by atoms with Crippen molar-refractivity contribution >= 4 is 17.4 Å². The molecule has 5 nitrogen and oxygen atoms in total. The minimum atomic E-state index is -0.00373. The number of hydrogen-bond acceptors (Lipinski definition) is 4. The minimum absolute atomic E-state index is 0.00373. The van der Waals surface area contributed by atoms with Gasteiger partial charge in [-0.15, -0.1) is 5.10 Å². The molecule has 2 aromatic rings. The van der Waals surface area contributed by atoms with Crippen molar-refractivity contribution in [3.05, 3.63) is 23.9 Å². The molecule has 0 fully saturated rings. The van der Waals surface area contributed by atoms with Crippen LogP contribution in [-0.2, 0) is 0 Å². The number of aromatic nitrogens is 3. The third kappa shape index (κ3) is 1.24. The lowest BCUT2D eigenvalue weighted by molar-refractivity contribution is 0.101. The van der Waals surface area contributed by atoms with Gasteiger partial charge in [0.25, 0.3) is 0 Å². The smallest absolute Gasteiger partial charge is 0.240 e. The zero-order chi connectivity index (χ0) is 9.42. The van der Waals surface area contributed by atoms with Gasteiger partial charge in [0.1, 0.15) is 0 Å². The number of nitrogens with two attached hydrogens (primary N) is 1. The van der Waals surface area contributed by atoms with Crippen LogP contribution in [0.1, 0.15) is 17.3 Å². The Hall–Kier alpha value is -1.91. The number of nitrogens with zero attached hydrogens (tertiary/aromatic N) is 3. The van der Waals surface area contributed by atoms with Gasteiger partial charge >= 0.3 is 0 Å². The molecule has 0 aromatic carbocycles. The number of carbonyl (C=O) groups excluding carboxylic acids is 1. The standard InChI is InChI=1S/C8H8N4O/c1-5(13)6-2-3-7-10-8(9)11-12(7)4-6/h2-4H,1H3,(H2,9,11). The summed E-state index contributed by atoms with van der Waals surface area (Å²) in [6.07, 6.45) is 1.61. The molecule has 2 heterocycles. The largest absolute Gasteiger partial charge is 0.366 e. The zero-order valence-electron chi connectivity index (χ0n) is 7.06. The Bertz CT molecular complexity index is 474. The maximum atomic E-state index is 11.0. The monoisotopic (exact) mass is 176 g/mol. The number of hydrogen-bond donors (Lipinski definition) is 1. The van der Waals surface area contributed by atoms with Crippen LogP contribution in [-0.4, -0.2) is 20.4 Å². The normalized spacial score (nSPS) is 10.5. The molecule has 0 unspecified atom stereocenters. The summed E-state index contributed by atoms with van der Waals surface area (Å²) in [6.45, 7) is 1.50. The number of Topliss-reactive ketones (excluding diaryl/α,β-unsaturated/α-hetero) is 1. The third-order valence-corrected chi connectivity index (χ3v) is 1.75. The van der Waals surface area contributed by atoms with E-state index in [1.54, 1.807) is 18.3 Å². The van der Waals surface area contributed by atoms with Gasteiger partial charge in [-0.2, -0.15) is 4.98 Å². The predicted molar refractivity (Wildman–Crippen MR) is 47.4 cm³/mol. The van der Waals surface area contributed by atoms with Crippen LogP contribution in [0, 0.1) is 0 Å². The van der Waals surface area contributed by atoms with Crippen molar-refractivity contribution in [1.29, 1.82) is 0 Å². The molecule has 66 valence electrons. The summed E-state index contributed by atoms with van der Waals surface area (Å²) in [7, 11) is 0. The van der Waals surface area contributed by atoms with Crippen LogP contribution in [0.25, 0.3) is 5.65 Å². The van der Waals surface area contributed by atoms with Crippen LogP contribution in [0.15, 0.2) is 18.3 Å². The molecule has 0 aliphatic heterocycles. The Morgan fingerprint density at radius 3 is 3.00 bits per heavy atom. The van der Waals surface area contributed by atoms with Gasteiger partial charge in [0.15, 0.2) is 11.4 Å². The van der Waals surface area contributed by atoms with Gasteiger partial charge in [0.2, 0.25) is 5.95 Å². The predicted octanol–water partition coefficient (Wildman–Crippen LogP) is 0.514. The third-order valence-electron chi connectivity index (χ3n) is 1.75. The second-order valence-corrected chi connectivity index (χ2v) is 2.75. The molecule has 0 saturated carbocycles. The zero-order valence-corrected chi connectivity index (χ0v) is 7.06. The molecule has 0 saturated heterocycles. The Balaban J connectivity index is 2.67. The quantitative estimate of drug-likeness (QED) is 0.642. The molecule has 0 amide bonds. The number of pyridine rings is 1. The number of carbonyl (C=O) groups is 1. The number of ketones is 1. The Morgan fingerprint density at radius 2 is 2.31 bits per heavy atom. The lowest BCUT2D eigenvalue weighted by Gasteiger charge is -1.94. The van der Waals surface area contributed by atoms with Crippen LogP contribution >= 0.6 is 0 Å². The highest BCUT2D eigenvalue weighted by Gasteiger charge is 2.03. The summed E-state index contributed by atoms with van der Waals surface area (Å²) in [5, 5.41) is 3.89. The molecule has 0 atom stereocenters. The highest BCUT2D eigenvalue weighted by Crippen LogP contribution is 2.05. The summed E-state index contributed by atoms with van der Waals surface area (Å²) in [4.78, 5) is 14.9. The topological polar surface area (TPSA) is 73.3 Å². The molecule has 2 N–H and O–H groups in total. The molecule has 2 aromatic heterocycles. The molecule has 0 bridgehead atoms. The maximum absolute atomic E-state index is 11.0. The second-order valence-electron chi connectivity index (χ2n) is 2.75. The van der Waals surface area contributed by atoms with Crippen LogP contribution in [0.5, 0.6) is 0 Å². The average Bonchev–Trinajstić information content (AvgIpc) is 2.42. The van der Waals surface area contributed by atoms with Crippen molar-refractivity contribution < 1.29 is 4.79 Å². The molecule has 0 aliphatic carbocycles. The van der Waals surface area contributed by atoms with Gasteiger partial charge in [0.05, 0.1) is 0 Å². The lowest BCUT2D eigenvalue weighted by atomic mass is 10.2. The van der Waals surface area contributed by atoms with E-state index < -0.39 is 0 Å². The first kappa shape index (κ1) is 7.72. The minimum Gasteiger partial charge on any atom is -0.366 e. The van der Waals surface area contributed by atoms with Gasteiger partial charge in [-0.1, -0.05) is 0 Å². The van der Waals surface area contributed by atoms with Gasteiger partial charge < -0.3 is 5.73 Å². The molecule has 2 rings (SSSR count). The van der Waals surface area contributed by atoms with E-state index in [0.717, 1.165) is 0 Å². The molecule has 0 radical (unpaired) electrons. The summed E-state index contributed by atoms with van der Waals surface area (Å²) in [6, 6.07) is 3.41. The van der Waals surface area contributed by atoms with E-state index in [0.29, 0.717) is 11.2 Å². The summed E-state index contributed by atoms with van der Waals surface area (Å²) in [5.74, 6) is 0.205. The fourth-order valence-electron chi connectivity index (χ4n) is 1.11. The summed E-state index contributed by atoms with van der Waals surface area (Å²) < 4.78 is 1.49. The average molecular weight is 176 g/mol. The first-order valence-corrected chi connectivity index (χ1v) is 3.79. The van der Waals surface area contributed by atoms with Crippen molar-refractivity contribution in [2.45, 2.75) is 6.92 Å². The van der Waals surface area contributed by atoms with Crippen molar-refractivity contribution in [2.75, 3.05) is 5.73 Å². The van der Waals surface area contributed by atoms with Gasteiger partial charge in [-0.3, -0.25) is 4.79 Å². The van der Waals surface area contributed by atoms with E-state index in [2.05, 4.69) is 10.1 Å². The van der Waals surface area contributed by atoms with E-state index in [4.69, 9.17) is 5.73 Å². The van der Waals surface area contributed by atoms with Crippen LogP contribution in [0.3, 0.4) is 0 Å². The Labute approximate surface area is 74.2 Å². The van der Waals surface area contributed by atoms with E-state index >= 15 is 0 Å². The molecule has 0 aliphatic rings. The van der Waals surface area contributed by atoms with Crippen molar-refractivity contribution in [2.24, 2.45) is 0 Å². The van der Waals surface area contributed by atoms with Crippen LogP contribution in [0.2, 0.25) is 0 Å². The van der Waals surface area contributed by atoms with Gasteiger partial charge in [-0.25, -0.2) is 4.52 Å². The fraction of sp³-hybridized carbons (Fsp3) is 0.125. The SMILES string of the molecule is CC(=O)c1ccc2nc(N)nn2c1. The molecular weight excluding hydrogens is 168 g/mol. The Kier molecular flexibility index (Phi) is 1.51. The number of anilines is 1. The second kappa shape index (κ2) is 2.55. The number of nitrogen functional groups attached to an aromatic ring is 1. The summed E-state index contributed by atoms with van der Waals surface area (Å²) >= 11 is 0. The van der Waals surface area contributed by atoms with E-state index in [9.17, 15) is 4.79 Å². The molecule has 0 spiro atoms. The maximum Gasteiger partial charge on any atom is 0.240 e. The van der Waals surface area contributed by atoms with Crippen LogP contribution < -0.4 is 5.73 Å². The lowest BCUT2D eigenvalue weighted by Crippen LogP contribution is -1.96. The highest BCUT2D eigenvalue weighted by molar-refractivity contribution is 5.93. The summed E-state index contributed by atoms with van der Waals surface area (Å²) in [5.41, 5.74) is 6.62. The highest BCUT2D eigenvalue weighted by atomic mass is 16.1.